The normalized spacial score (nSPS) is 12.1. The largest absolute Gasteiger partial charge is 0.495 e. The predicted molar refractivity (Wildman–Crippen MR) is 101 cm³/mol. The molecule has 4 rings (SSSR count). The molecule has 0 saturated heterocycles. The zero-order valence-corrected chi connectivity index (χ0v) is 14.8. The third-order valence-corrected chi connectivity index (χ3v) is 4.41. The van der Waals surface area contributed by atoms with Gasteiger partial charge in [-0.3, -0.25) is 9.78 Å². The van der Waals surface area contributed by atoms with Gasteiger partial charge in [0.1, 0.15) is 11.4 Å². The summed E-state index contributed by atoms with van der Waals surface area (Å²) in [6.07, 6.45) is 3.45. The number of fused-ring (bicyclic) bond motifs is 1. The number of carbonyl (C=O) groups is 1. The molecule has 0 atom stereocenters. The molecule has 5 heteroatoms. The van der Waals surface area contributed by atoms with Crippen molar-refractivity contribution in [2.24, 2.45) is 0 Å². The van der Waals surface area contributed by atoms with Crippen molar-refractivity contribution in [3.63, 3.8) is 0 Å². The SMILES string of the molecule is COc1ccc(C(=O)N2Cc3cccnc3C2)cc1C#Cc1ccccn1. The van der Waals surface area contributed by atoms with Crippen molar-refractivity contribution >= 4 is 5.91 Å². The summed E-state index contributed by atoms with van der Waals surface area (Å²) in [7, 11) is 1.59. The number of nitrogens with zero attached hydrogens (tertiary/aromatic N) is 3. The lowest BCUT2D eigenvalue weighted by Gasteiger charge is -2.16. The molecular formula is C22H17N3O2. The second kappa shape index (κ2) is 7.30. The lowest BCUT2D eigenvalue weighted by molar-refractivity contribution is 0.0750. The zero-order chi connectivity index (χ0) is 18.6. The lowest BCUT2D eigenvalue weighted by Crippen LogP contribution is -2.25. The van der Waals surface area contributed by atoms with Crippen molar-refractivity contribution in [1.29, 1.82) is 0 Å². The highest BCUT2D eigenvalue weighted by molar-refractivity contribution is 5.95. The Bertz CT molecular complexity index is 1030. The van der Waals surface area contributed by atoms with Crippen LogP contribution in [0.15, 0.2) is 60.9 Å². The summed E-state index contributed by atoms with van der Waals surface area (Å²) in [5.41, 5.74) is 3.94. The van der Waals surface area contributed by atoms with Gasteiger partial charge in [-0.25, -0.2) is 4.98 Å². The molecule has 3 heterocycles. The van der Waals surface area contributed by atoms with Gasteiger partial charge in [-0.2, -0.15) is 0 Å². The van der Waals surface area contributed by atoms with Crippen LogP contribution in [-0.2, 0) is 13.1 Å². The van der Waals surface area contributed by atoms with E-state index in [4.69, 9.17) is 4.74 Å². The Morgan fingerprint density at radius 1 is 1.04 bits per heavy atom. The molecule has 132 valence electrons. The summed E-state index contributed by atoms with van der Waals surface area (Å²) in [6, 6.07) is 14.8. The molecule has 1 aliphatic rings. The molecule has 0 saturated carbocycles. The summed E-state index contributed by atoms with van der Waals surface area (Å²) in [6.45, 7) is 1.10. The predicted octanol–water partition coefficient (Wildman–Crippen LogP) is 3.04. The molecule has 27 heavy (non-hydrogen) atoms. The van der Waals surface area contributed by atoms with Crippen LogP contribution in [0.5, 0.6) is 5.75 Å². The highest BCUT2D eigenvalue weighted by Gasteiger charge is 2.25. The molecule has 0 spiro atoms. The van der Waals surface area contributed by atoms with Crippen molar-refractivity contribution in [1.82, 2.24) is 14.9 Å². The lowest BCUT2D eigenvalue weighted by atomic mass is 10.1. The Balaban J connectivity index is 1.61. The first-order valence-electron chi connectivity index (χ1n) is 8.58. The minimum Gasteiger partial charge on any atom is -0.495 e. The van der Waals surface area contributed by atoms with Crippen LogP contribution in [0.4, 0.5) is 0 Å². The van der Waals surface area contributed by atoms with Gasteiger partial charge < -0.3 is 9.64 Å². The molecule has 3 aromatic rings. The molecule has 1 aliphatic heterocycles. The van der Waals surface area contributed by atoms with Gasteiger partial charge in [0.2, 0.25) is 0 Å². The first-order valence-corrected chi connectivity index (χ1v) is 8.58. The van der Waals surface area contributed by atoms with Crippen LogP contribution in [0, 0.1) is 11.8 Å². The molecule has 0 aliphatic carbocycles. The highest BCUT2D eigenvalue weighted by atomic mass is 16.5. The maximum Gasteiger partial charge on any atom is 0.254 e. The fraction of sp³-hybridized carbons (Fsp3) is 0.136. The molecule has 1 amide bonds. The van der Waals surface area contributed by atoms with Gasteiger partial charge in [0, 0.05) is 24.5 Å². The smallest absolute Gasteiger partial charge is 0.254 e. The molecule has 5 nitrogen and oxygen atoms in total. The van der Waals surface area contributed by atoms with Gasteiger partial charge in [-0.15, -0.1) is 0 Å². The van der Waals surface area contributed by atoms with Crippen molar-refractivity contribution < 1.29 is 9.53 Å². The fourth-order valence-electron chi connectivity index (χ4n) is 3.03. The van der Waals surface area contributed by atoms with Crippen molar-refractivity contribution in [2.75, 3.05) is 7.11 Å². The topological polar surface area (TPSA) is 55.3 Å². The number of hydrogen-bond donors (Lipinski definition) is 0. The highest BCUT2D eigenvalue weighted by Crippen LogP contribution is 2.25. The first-order chi connectivity index (χ1) is 13.2. The second-order valence-electron chi connectivity index (χ2n) is 6.15. The quantitative estimate of drug-likeness (QED) is 0.663. The minimum absolute atomic E-state index is 0.0449. The number of aromatic nitrogens is 2. The van der Waals surface area contributed by atoms with E-state index in [2.05, 4.69) is 21.8 Å². The average Bonchev–Trinajstić information content (AvgIpc) is 3.16. The number of carbonyl (C=O) groups excluding carboxylic acids is 1. The van der Waals surface area contributed by atoms with Crippen LogP contribution in [0.1, 0.15) is 32.9 Å². The van der Waals surface area contributed by atoms with E-state index in [1.807, 2.05) is 30.3 Å². The van der Waals surface area contributed by atoms with E-state index in [1.165, 1.54) is 0 Å². The van der Waals surface area contributed by atoms with E-state index in [-0.39, 0.29) is 5.91 Å². The summed E-state index contributed by atoms with van der Waals surface area (Å²) >= 11 is 0. The van der Waals surface area contributed by atoms with Gasteiger partial charge in [0.25, 0.3) is 5.91 Å². The molecular weight excluding hydrogens is 338 g/mol. The van der Waals surface area contributed by atoms with Crippen molar-refractivity contribution in [3.8, 4) is 17.6 Å². The van der Waals surface area contributed by atoms with Crippen molar-refractivity contribution in [3.05, 3.63) is 89.0 Å². The summed E-state index contributed by atoms with van der Waals surface area (Å²) in [4.78, 5) is 23.3. The van der Waals surface area contributed by atoms with E-state index in [0.29, 0.717) is 35.7 Å². The van der Waals surface area contributed by atoms with Crippen LogP contribution in [-0.4, -0.2) is 27.9 Å². The first kappa shape index (κ1) is 16.8. The van der Waals surface area contributed by atoms with E-state index in [0.717, 1.165) is 11.3 Å². The molecule has 2 aromatic heterocycles. The minimum atomic E-state index is -0.0449. The van der Waals surface area contributed by atoms with Crippen LogP contribution >= 0.6 is 0 Å². The summed E-state index contributed by atoms with van der Waals surface area (Å²) < 4.78 is 5.39. The Labute approximate surface area is 157 Å². The van der Waals surface area contributed by atoms with Crippen molar-refractivity contribution in [2.45, 2.75) is 13.1 Å². The van der Waals surface area contributed by atoms with E-state index in [1.54, 1.807) is 42.6 Å². The van der Waals surface area contributed by atoms with Gasteiger partial charge in [0.05, 0.1) is 24.9 Å². The van der Waals surface area contributed by atoms with Crippen LogP contribution in [0.25, 0.3) is 0 Å². The number of rotatable bonds is 2. The number of hydrogen-bond acceptors (Lipinski definition) is 4. The molecule has 0 fully saturated rings. The van der Waals surface area contributed by atoms with Crippen LogP contribution < -0.4 is 4.74 Å². The van der Waals surface area contributed by atoms with Gasteiger partial charge in [0.15, 0.2) is 0 Å². The number of ether oxygens (including phenoxy) is 1. The Morgan fingerprint density at radius 2 is 1.93 bits per heavy atom. The average molecular weight is 355 g/mol. The van der Waals surface area contributed by atoms with Crippen LogP contribution in [0.2, 0.25) is 0 Å². The molecule has 0 bridgehead atoms. The molecule has 0 unspecified atom stereocenters. The number of benzene rings is 1. The zero-order valence-electron chi connectivity index (χ0n) is 14.8. The summed E-state index contributed by atoms with van der Waals surface area (Å²) in [5.74, 6) is 6.65. The van der Waals surface area contributed by atoms with E-state index >= 15 is 0 Å². The Hall–Kier alpha value is -3.65. The maximum absolute atomic E-state index is 12.9. The molecule has 0 radical (unpaired) electrons. The Morgan fingerprint density at radius 3 is 2.70 bits per heavy atom. The second-order valence-corrected chi connectivity index (χ2v) is 6.15. The molecule has 1 aromatic carbocycles. The number of methoxy groups -OCH3 is 1. The van der Waals surface area contributed by atoms with Gasteiger partial charge in [-0.1, -0.05) is 18.1 Å². The Kier molecular flexibility index (Phi) is 4.54. The van der Waals surface area contributed by atoms with Gasteiger partial charge in [-0.05, 0) is 47.9 Å². The standard InChI is InChI=1S/C22H17N3O2/c1-27-21-10-8-17(13-16(21)7-9-19-6-2-3-11-23-19)22(26)25-14-18-5-4-12-24-20(18)15-25/h2-6,8,10-13H,14-15H2,1H3. The maximum atomic E-state index is 12.9. The fourth-order valence-corrected chi connectivity index (χ4v) is 3.03. The number of pyridine rings is 2. The number of amides is 1. The third kappa shape index (κ3) is 3.51. The third-order valence-electron chi connectivity index (χ3n) is 4.41. The molecule has 0 N–H and O–H groups in total. The monoisotopic (exact) mass is 355 g/mol. The summed E-state index contributed by atoms with van der Waals surface area (Å²) in [5, 5.41) is 0. The van der Waals surface area contributed by atoms with E-state index in [9.17, 15) is 4.79 Å². The van der Waals surface area contributed by atoms with Crippen LogP contribution in [0.3, 0.4) is 0 Å². The van der Waals surface area contributed by atoms with Gasteiger partial charge >= 0.3 is 0 Å². The van der Waals surface area contributed by atoms with E-state index < -0.39 is 0 Å².